The van der Waals surface area contributed by atoms with Gasteiger partial charge in [-0.05, 0) is 17.7 Å². The van der Waals surface area contributed by atoms with Crippen LogP contribution < -0.4 is 4.90 Å². The molecule has 0 spiro atoms. The van der Waals surface area contributed by atoms with Crippen LogP contribution in [0.25, 0.3) is 11.0 Å². The quantitative estimate of drug-likeness (QED) is 0.687. The molecule has 1 aliphatic rings. The maximum atomic E-state index is 12.6. The Balaban J connectivity index is 1.43. The molecule has 4 rings (SSSR count). The smallest absolute Gasteiger partial charge is 0.227 e. The molecular weight excluding hydrogens is 418 g/mol. The molecule has 1 aliphatic heterocycles. The maximum absolute atomic E-state index is 12.6. The molecule has 0 saturated carbocycles. The molecule has 0 atom stereocenters. The number of fused-ring (bicyclic) bond motifs is 1. The van der Waals surface area contributed by atoms with E-state index in [9.17, 15) is 4.79 Å². The van der Waals surface area contributed by atoms with E-state index < -0.39 is 0 Å². The Morgan fingerprint density at radius 2 is 1.88 bits per heavy atom. The number of benzene rings is 1. The first-order chi connectivity index (χ1) is 12.6. The number of hydrogen-bond donors (Lipinski definition) is 1. The van der Waals surface area contributed by atoms with Crippen molar-refractivity contribution in [3.63, 3.8) is 0 Å². The monoisotopic (exact) mass is 433 g/mol. The standard InChI is InChI=1S/C18H17BrClN5O/c19-13-3-1-12(2-4-13)9-15(26)24-5-7-25(8-6-24)18-16-14(20)10-21-17(16)22-11-23-18/h1-4,10-11H,5-9H2,(H,21,22,23). The number of carbonyl (C=O) groups excluding carboxylic acids is 1. The van der Waals surface area contributed by atoms with Gasteiger partial charge in [0.2, 0.25) is 5.91 Å². The van der Waals surface area contributed by atoms with Gasteiger partial charge in [0.25, 0.3) is 0 Å². The van der Waals surface area contributed by atoms with Crippen molar-refractivity contribution < 1.29 is 4.79 Å². The van der Waals surface area contributed by atoms with Gasteiger partial charge in [0, 0.05) is 36.8 Å². The second-order valence-corrected chi connectivity index (χ2v) is 7.55. The fourth-order valence-corrected chi connectivity index (χ4v) is 3.70. The van der Waals surface area contributed by atoms with Crippen molar-refractivity contribution in [2.75, 3.05) is 31.1 Å². The molecule has 0 bridgehead atoms. The van der Waals surface area contributed by atoms with Gasteiger partial charge in [0.15, 0.2) is 0 Å². The minimum Gasteiger partial charge on any atom is -0.352 e. The van der Waals surface area contributed by atoms with E-state index in [1.54, 1.807) is 6.20 Å². The van der Waals surface area contributed by atoms with Crippen molar-refractivity contribution in [1.82, 2.24) is 19.9 Å². The lowest BCUT2D eigenvalue weighted by atomic mass is 10.1. The Morgan fingerprint density at radius 1 is 1.15 bits per heavy atom. The van der Waals surface area contributed by atoms with Crippen molar-refractivity contribution in [1.29, 1.82) is 0 Å². The Kier molecular flexibility index (Phi) is 4.82. The molecule has 3 heterocycles. The third kappa shape index (κ3) is 3.41. The SMILES string of the molecule is O=C(Cc1ccc(Br)cc1)N1CCN(c2ncnc3[nH]cc(Cl)c23)CC1. The predicted molar refractivity (Wildman–Crippen MR) is 106 cm³/mol. The van der Waals surface area contributed by atoms with Gasteiger partial charge in [-0.1, -0.05) is 39.7 Å². The van der Waals surface area contributed by atoms with Gasteiger partial charge in [-0.25, -0.2) is 9.97 Å². The lowest BCUT2D eigenvalue weighted by molar-refractivity contribution is -0.130. The van der Waals surface area contributed by atoms with Crippen LogP contribution in [-0.2, 0) is 11.2 Å². The van der Waals surface area contributed by atoms with Gasteiger partial charge in [-0.2, -0.15) is 0 Å². The minimum absolute atomic E-state index is 0.152. The molecule has 1 aromatic carbocycles. The summed E-state index contributed by atoms with van der Waals surface area (Å²) in [4.78, 5) is 28.3. The third-order valence-corrected chi connectivity index (χ3v) is 5.43. The highest BCUT2D eigenvalue weighted by Gasteiger charge is 2.24. The number of amides is 1. The Morgan fingerprint density at radius 3 is 2.62 bits per heavy atom. The van der Waals surface area contributed by atoms with E-state index in [2.05, 4.69) is 35.8 Å². The molecular formula is C18H17BrClN5O. The summed E-state index contributed by atoms with van der Waals surface area (Å²) < 4.78 is 1.02. The highest BCUT2D eigenvalue weighted by molar-refractivity contribution is 9.10. The summed E-state index contributed by atoms with van der Waals surface area (Å²) in [6.45, 7) is 2.78. The molecule has 1 N–H and O–H groups in total. The molecule has 26 heavy (non-hydrogen) atoms. The lowest BCUT2D eigenvalue weighted by Crippen LogP contribution is -2.49. The summed E-state index contributed by atoms with van der Waals surface area (Å²) in [5.74, 6) is 0.973. The lowest BCUT2D eigenvalue weighted by Gasteiger charge is -2.35. The van der Waals surface area contributed by atoms with E-state index >= 15 is 0 Å². The van der Waals surface area contributed by atoms with Gasteiger partial charge in [0.05, 0.1) is 16.8 Å². The van der Waals surface area contributed by atoms with E-state index in [1.165, 1.54) is 6.33 Å². The molecule has 8 heteroatoms. The number of hydrogen-bond acceptors (Lipinski definition) is 4. The zero-order valence-corrected chi connectivity index (χ0v) is 16.3. The number of anilines is 1. The van der Waals surface area contributed by atoms with E-state index in [-0.39, 0.29) is 5.91 Å². The van der Waals surface area contributed by atoms with Crippen molar-refractivity contribution in [3.05, 3.63) is 51.8 Å². The molecule has 1 fully saturated rings. The molecule has 1 amide bonds. The number of nitrogens with one attached hydrogen (secondary N) is 1. The van der Waals surface area contributed by atoms with Crippen molar-refractivity contribution >= 4 is 50.3 Å². The van der Waals surface area contributed by atoms with Crippen LogP contribution in [0.2, 0.25) is 5.02 Å². The van der Waals surface area contributed by atoms with Crippen molar-refractivity contribution in [2.24, 2.45) is 0 Å². The predicted octanol–water partition coefficient (Wildman–Crippen LogP) is 3.27. The third-order valence-electron chi connectivity index (χ3n) is 4.60. The molecule has 1 saturated heterocycles. The van der Waals surface area contributed by atoms with E-state index in [1.807, 2.05) is 29.2 Å². The number of piperazine rings is 1. The van der Waals surface area contributed by atoms with Crippen LogP contribution >= 0.6 is 27.5 Å². The summed E-state index contributed by atoms with van der Waals surface area (Å²) in [6, 6.07) is 7.87. The van der Waals surface area contributed by atoms with E-state index in [4.69, 9.17) is 11.6 Å². The second-order valence-electron chi connectivity index (χ2n) is 6.23. The number of H-pyrrole nitrogens is 1. The summed E-state index contributed by atoms with van der Waals surface area (Å²) in [5.41, 5.74) is 1.76. The molecule has 3 aromatic rings. The Bertz CT molecular complexity index is 934. The fraction of sp³-hybridized carbons (Fsp3) is 0.278. The molecule has 134 valence electrons. The summed E-state index contributed by atoms with van der Waals surface area (Å²) in [7, 11) is 0. The number of halogens is 2. The van der Waals surface area contributed by atoms with Crippen LogP contribution in [0.5, 0.6) is 0 Å². The number of carbonyl (C=O) groups is 1. The van der Waals surface area contributed by atoms with Crippen molar-refractivity contribution in [2.45, 2.75) is 6.42 Å². The Hall–Kier alpha value is -2.12. The summed E-state index contributed by atoms with van der Waals surface area (Å²) in [5, 5.41) is 1.45. The molecule has 0 radical (unpaired) electrons. The largest absolute Gasteiger partial charge is 0.352 e. The first kappa shape index (κ1) is 17.3. The van der Waals surface area contributed by atoms with Crippen LogP contribution in [-0.4, -0.2) is 51.9 Å². The zero-order valence-electron chi connectivity index (χ0n) is 14.0. The maximum Gasteiger partial charge on any atom is 0.227 e. The van der Waals surface area contributed by atoms with Crippen LogP contribution in [0.3, 0.4) is 0 Å². The summed E-state index contributed by atoms with van der Waals surface area (Å²) >= 11 is 9.69. The Labute approximate surface area is 164 Å². The molecule has 6 nitrogen and oxygen atoms in total. The van der Waals surface area contributed by atoms with Crippen LogP contribution in [0, 0.1) is 0 Å². The minimum atomic E-state index is 0.152. The van der Waals surface area contributed by atoms with Gasteiger partial charge in [-0.3, -0.25) is 4.79 Å². The molecule has 2 aromatic heterocycles. The average molecular weight is 435 g/mol. The molecule has 0 unspecified atom stereocenters. The fourth-order valence-electron chi connectivity index (χ4n) is 3.21. The van der Waals surface area contributed by atoms with Crippen LogP contribution in [0.15, 0.2) is 41.3 Å². The number of aromatic amines is 1. The van der Waals surface area contributed by atoms with Gasteiger partial charge >= 0.3 is 0 Å². The topological polar surface area (TPSA) is 65.1 Å². The number of aromatic nitrogens is 3. The second kappa shape index (κ2) is 7.25. The van der Waals surface area contributed by atoms with Gasteiger partial charge in [0.1, 0.15) is 17.8 Å². The average Bonchev–Trinajstić information content (AvgIpc) is 3.05. The zero-order chi connectivity index (χ0) is 18.1. The van der Waals surface area contributed by atoms with Crippen molar-refractivity contribution in [3.8, 4) is 0 Å². The van der Waals surface area contributed by atoms with Gasteiger partial charge in [-0.15, -0.1) is 0 Å². The molecule has 0 aliphatic carbocycles. The summed E-state index contributed by atoms with van der Waals surface area (Å²) in [6.07, 6.45) is 3.69. The van der Waals surface area contributed by atoms with E-state index in [0.717, 1.165) is 40.0 Å². The highest BCUT2D eigenvalue weighted by atomic mass is 79.9. The van der Waals surface area contributed by atoms with E-state index in [0.29, 0.717) is 24.5 Å². The van der Waals surface area contributed by atoms with Crippen LogP contribution in [0.1, 0.15) is 5.56 Å². The van der Waals surface area contributed by atoms with Crippen LogP contribution in [0.4, 0.5) is 5.82 Å². The first-order valence-corrected chi connectivity index (χ1v) is 9.53. The first-order valence-electron chi connectivity index (χ1n) is 8.36. The normalized spacial score (nSPS) is 14.8. The van der Waals surface area contributed by atoms with Gasteiger partial charge < -0.3 is 14.8 Å². The highest BCUT2D eigenvalue weighted by Crippen LogP contribution is 2.30. The number of rotatable bonds is 3. The number of nitrogens with zero attached hydrogens (tertiary/aromatic N) is 4.